The number of benzene rings is 2. The van der Waals surface area contributed by atoms with Crippen molar-refractivity contribution in [2.24, 2.45) is 7.05 Å². The molecule has 2 aromatic heterocycles. The van der Waals surface area contributed by atoms with Crippen molar-refractivity contribution in [3.05, 3.63) is 59.8 Å². The van der Waals surface area contributed by atoms with Crippen LogP contribution in [0.4, 0.5) is 0 Å². The van der Waals surface area contributed by atoms with E-state index in [1.54, 1.807) is 4.40 Å². The van der Waals surface area contributed by atoms with Crippen LogP contribution in [0.25, 0.3) is 33.2 Å². The molecule has 0 aliphatic carbocycles. The van der Waals surface area contributed by atoms with Gasteiger partial charge in [0.15, 0.2) is 0 Å². The molecule has 0 spiro atoms. The molecule has 0 aliphatic heterocycles. The van der Waals surface area contributed by atoms with Crippen molar-refractivity contribution in [1.82, 2.24) is 0 Å². The van der Waals surface area contributed by atoms with Gasteiger partial charge in [0.1, 0.15) is 0 Å². The second kappa shape index (κ2) is 6.77. The van der Waals surface area contributed by atoms with Gasteiger partial charge in [0.05, 0.1) is 0 Å². The summed E-state index contributed by atoms with van der Waals surface area (Å²) in [5.74, 6) is 7.94. The zero-order valence-corrected chi connectivity index (χ0v) is 20.1. The van der Waals surface area contributed by atoms with Gasteiger partial charge in [-0.3, -0.25) is 0 Å². The van der Waals surface area contributed by atoms with Gasteiger partial charge in [-0.2, -0.15) is 0 Å². The van der Waals surface area contributed by atoms with Gasteiger partial charge in [-0.15, -0.1) is 0 Å². The molecule has 144 valence electrons. The Morgan fingerprint density at radius 1 is 0.964 bits per heavy atom. The van der Waals surface area contributed by atoms with E-state index in [1.807, 2.05) is 6.07 Å². The van der Waals surface area contributed by atoms with Crippen molar-refractivity contribution < 1.29 is 8.98 Å². The van der Waals surface area contributed by atoms with Crippen LogP contribution in [0, 0.1) is 6.92 Å². The number of aromatic nitrogens is 1. The van der Waals surface area contributed by atoms with Crippen molar-refractivity contribution >= 4 is 39.6 Å². The van der Waals surface area contributed by atoms with Gasteiger partial charge in [-0.1, -0.05) is 0 Å². The third kappa shape index (κ3) is 3.08. The number of rotatable bonds is 3. The van der Waals surface area contributed by atoms with Crippen LogP contribution in [-0.4, -0.2) is 13.3 Å². The summed E-state index contributed by atoms with van der Waals surface area (Å²) in [4.78, 5) is 0. The molecule has 0 aliphatic rings. The monoisotopic (exact) mass is 434 g/mol. The number of pyridine rings is 1. The molecular weight excluding hydrogens is 403 g/mol. The third-order valence-corrected chi connectivity index (χ3v) is 10.0. The maximum absolute atomic E-state index is 6.37. The molecule has 2 heterocycles. The third-order valence-electron chi connectivity index (χ3n) is 5.75. The van der Waals surface area contributed by atoms with Crippen molar-refractivity contribution in [3.63, 3.8) is 0 Å². The molecular formula is C25H30GeNO+. The quantitative estimate of drug-likeness (QED) is 0.284. The van der Waals surface area contributed by atoms with Gasteiger partial charge in [-0.25, -0.2) is 0 Å². The van der Waals surface area contributed by atoms with E-state index in [4.69, 9.17) is 4.42 Å². The fourth-order valence-electron chi connectivity index (χ4n) is 4.22. The van der Waals surface area contributed by atoms with Gasteiger partial charge in [0.2, 0.25) is 0 Å². The topological polar surface area (TPSA) is 17.0 Å². The first-order chi connectivity index (χ1) is 13.2. The molecule has 2 aromatic carbocycles. The Labute approximate surface area is 170 Å². The van der Waals surface area contributed by atoms with Crippen molar-refractivity contribution in [3.8, 4) is 11.3 Å². The van der Waals surface area contributed by atoms with E-state index in [2.05, 4.69) is 92.2 Å². The van der Waals surface area contributed by atoms with Gasteiger partial charge < -0.3 is 0 Å². The second-order valence-corrected chi connectivity index (χ2v) is 19.8. The minimum absolute atomic E-state index is 0.509. The summed E-state index contributed by atoms with van der Waals surface area (Å²) in [6.07, 6.45) is 2.39. The Balaban J connectivity index is 2.08. The molecule has 0 atom stereocenters. The van der Waals surface area contributed by atoms with E-state index in [9.17, 15) is 0 Å². The van der Waals surface area contributed by atoms with Crippen LogP contribution < -0.4 is 8.96 Å². The van der Waals surface area contributed by atoms with Gasteiger partial charge in [0.25, 0.3) is 0 Å². The van der Waals surface area contributed by atoms with E-state index in [1.165, 1.54) is 33.2 Å². The Morgan fingerprint density at radius 2 is 1.68 bits per heavy atom. The Bertz CT molecular complexity index is 1190. The number of furan rings is 1. The normalized spacial score (nSPS) is 12.4. The first-order valence-corrected chi connectivity index (χ1v) is 17.5. The number of aryl methyl sites for hydroxylation is 2. The predicted octanol–water partition coefficient (Wildman–Crippen LogP) is 6.05. The number of fused-ring (bicyclic) bond motifs is 3. The molecule has 0 unspecified atom stereocenters. The molecule has 0 amide bonds. The van der Waals surface area contributed by atoms with E-state index in [0.29, 0.717) is 5.92 Å². The van der Waals surface area contributed by atoms with Crippen LogP contribution in [0.15, 0.2) is 53.1 Å². The molecule has 0 saturated carbocycles. The molecule has 2 nitrogen and oxygen atoms in total. The Kier molecular flexibility index (Phi) is 4.66. The number of hydrogen-bond donors (Lipinski definition) is 0. The zero-order chi connectivity index (χ0) is 20.2. The maximum atomic E-state index is 6.37. The van der Waals surface area contributed by atoms with Crippen molar-refractivity contribution in [2.45, 2.75) is 44.0 Å². The summed E-state index contributed by atoms with van der Waals surface area (Å²) >= 11 is -1.97. The van der Waals surface area contributed by atoms with Crippen LogP contribution in [-0.2, 0) is 7.05 Å². The molecule has 0 saturated heterocycles. The van der Waals surface area contributed by atoms with Crippen LogP contribution in [0.2, 0.25) is 17.3 Å². The number of para-hydroxylation sites is 1. The van der Waals surface area contributed by atoms with Crippen molar-refractivity contribution in [2.75, 3.05) is 0 Å². The summed E-state index contributed by atoms with van der Waals surface area (Å²) in [5, 5.41) is 2.38. The van der Waals surface area contributed by atoms with E-state index in [0.717, 1.165) is 11.2 Å². The molecule has 3 heteroatoms. The molecule has 0 bridgehead atoms. The molecule has 4 aromatic rings. The summed E-state index contributed by atoms with van der Waals surface area (Å²) in [6.45, 7) is 6.81. The standard InChI is InChI=1S/C25H30GeNO/c1-16(2)20-14-22(27(7)15-21(20)26(4,5)6)24-17(3)12-13-19-18-10-8-9-11-23(18)28-25(19)24/h8-16H,1-7H3/q+1. The fourth-order valence-corrected chi connectivity index (χ4v) is 8.02. The van der Waals surface area contributed by atoms with Crippen LogP contribution in [0.1, 0.15) is 30.9 Å². The summed E-state index contributed by atoms with van der Waals surface area (Å²) in [7, 11) is 2.18. The number of nitrogens with zero attached hydrogens (tertiary/aromatic N) is 1. The van der Waals surface area contributed by atoms with Crippen LogP contribution in [0.3, 0.4) is 0 Å². The van der Waals surface area contributed by atoms with E-state index in [-0.39, 0.29) is 0 Å². The average Bonchev–Trinajstić information content (AvgIpc) is 2.99. The van der Waals surface area contributed by atoms with Crippen LogP contribution >= 0.6 is 0 Å². The molecule has 0 N–H and O–H groups in total. The van der Waals surface area contributed by atoms with E-state index < -0.39 is 13.3 Å². The fraction of sp³-hybridized carbons (Fsp3) is 0.320. The summed E-state index contributed by atoms with van der Waals surface area (Å²) in [6, 6.07) is 15.2. The van der Waals surface area contributed by atoms with E-state index >= 15 is 0 Å². The first kappa shape index (κ1) is 19.3. The minimum atomic E-state index is -1.97. The van der Waals surface area contributed by atoms with Crippen LogP contribution in [0.5, 0.6) is 0 Å². The molecule has 0 radical (unpaired) electrons. The zero-order valence-electron chi connectivity index (χ0n) is 18.1. The molecule has 28 heavy (non-hydrogen) atoms. The van der Waals surface area contributed by atoms with Gasteiger partial charge in [-0.05, 0) is 0 Å². The van der Waals surface area contributed by atoms with Gasteiger partial charge in [0, 0.05) is 0 Å². The molecule has 0 fully saturated rings. The SMILES string of the molecule is Cc1ccc2c(oc3ccccc32)c1-c1cc(C(C)C)[c]([Ge]([CH3])([CH3])[CH3])c[n+]1C. The predicted molar refractivity (Wildman–Crippen MR) is 122 cm³/mol. The first-order valence-electron chi connectivity index (χ1n) is 10.1. The summed E-state index contributed by atoms with van der Waals surface area (Å²) in [5.41, 5.74) is 7.15. The number of hydrogen-bond acceptors (Lipinski definition) is 1. The Hall–Kier alpha value is -2.07. The average molecular weight is 433 g/mol. The molecule has 4 rings (SSSR count). The van der Waals surface area contributed by atoms with Gasteiger partial charge >= 0.3 is 171 Å². The van der Waals surface area contributed by atoms with Crippen molar-refractivity contribution in [1.29, 1.82) is 0 Å². The second-order valence-electron chi connectivity index (χ2n) is 9.28. The summed E-state index contributed by atoms with van der Waals surface area (Å²) < 4.78 is 10.3. The Morgan fingerprint density at radius 3 is 2.36 bits per heavy atom.